The minimum absolute atomic E-state index is 0.198. The first-order valence-corrected chi connectivity index (χ1v) is 5.88. The van der Waals surface area contributed by atoms with Gasteiger partial charge in [0.2, 0.25) is 0 Å². The van der Waals surface area contributed by atoms with Crippen molar-refractivity contribution in [3.8, 4) is 0 Å². The van der Waals surface area contributed by atoms with Crippen molar-refractivity contribution in [2.24, 2.45) is 0 Å². The Hall–Kier alpha value is -1.17. The second-order valence-corrected chi connectivity index (χ2v) is 4.09. The molecule has 102 valence electrons. The van der Waals surface area contributed by atoms with Gasteiger partial charge in [-0.2, -0.15) is 0 Å². The highest BCUT2D eigenvalue weighted by Crippen LogP contribution is 2.14. The van der Waals surface area contributed by atoms with E-state index < -0.39 is 6.10 Å². The van der Waals surface area contributed by atoms with E-state index in [2.05, 4.69) is 5.32 Å². The van der Waals surface area contributed by atoms with Gasteiger partial charge in [0.15, 0.2) is 0 Å². The first kappa shape index (κ1) is 14.9. The maximum Gasteiger partial charge on any atom is 0.146 e. The zero-order chi connectivity index (χ0) is 13.4. The zero-order valence-corrected chi connectivity index (χ0v) is 10.8. The number of ether oxygens (including phenoxy) is 2. The van der Waals surface area contributed by atoms with Crippen molar-refractivity contribution in [1.29, 1.82) is 0 Å². The molecule has 0 aliphatic heterocycles. The number of halogens is 1. The molecule has 1 aromatic rings. The SMILES string of the molecule is COCCOCC(O)CNc1ccc(C)cc1F. The van der Waals surface area contributed by atoms with Gasteiger partial charge >= 0.3 is 0 Å². The molecule has 18 heavy (non-hydrogen) atoms. The standard InChI is InChI=1S/C13H20FNO3/c1-10-3-4-13(12(14)7-10)15-8-11(16)9-18-6-5-17-2/h3-4,7,11,15-16H,5-6,8-9H2,1-2H3. The Labute approximate surface area is 107 Å². The predicted octanol–water partition coefficient (Wildman–Crippen LogP) is 1.57. The second-order valence-electron chi connectivity index (χ2n) is 4.09. The Kier molecular flexibility index (Phi) is 6.64. The Balaban J connectivity index is 2.27. The normalized spacial score (nSPS) is 12.4. The van der Waals surface area contributed by atoms with Crippen LogP contribution in [0.4, 0.5) is 10.1 Å². The van der Waals surface area contributed by atoms with Crippen LogP contribution in [0.1, 0.15) is 5.56 Å². The third-order valence-electron chi connectivity index (χ3n) is 2.39. The average molecular weight is 257 g/mol. The highest BCUT2D eigenvalue weighted by Gasteiger charge is 2.06. The number of benzene rings is 1. The molecule has 4 nitrogen and oxygen atoms in total. The minimum Gasteiger partial charge on any atom is -0.389 e. The van der Waals surface area contributed by atoms with Gasteiger partial charge in [0, 0.05) is 13.7 Å². The Bertz CT molecular complexity index is 360. The summed E-state index contributed by atoms with van der Waals surface area (Å²) < 4.78 is 23.4. The lowest BCUT2D eigenvalue weighted by atomic mass is 10.2. The minimum atomic E-state index is -0.678. The van der Waals surface area contributed by atoms with Crippen LogP contribution in [0.3, 0.4) is 0 Å². The highest BCUT2D eigenvalue weighted by molar-refractivity contribution is 5.46. The molecule has 1 unspecified atom stereocenters. The van der Waals surface area contributed by atoms with E-state index in [1.165, 1.54) is 6.07 Å². The summed E-state index contributed by atoms with van der Waals surface area (Å²) in [6.45, 7) is 3.20. The number of hydrogen-bond donors (Lipinski definition) is 2. The summed E-state index contributed by atoms with van der Waals surface area (Å²) >= 11 is 0. The predicted molar refractivity (Wildman–Crippen MR) is 68.3 cm³/mol. The topological polar surface area (TPSA) is 50.7 Å². The van der Waals surface area contributed by atoms with E-state index in [-0.39, 0.29) is 19.0 Å². The molecular formula is C13H20FNO3. The number of hydrogen-bond acceptors (Lipinski definition) is 4. The molecule has 1 rings (SSSR count). The molecule has 0 aliphatic carbocycles. The van der Waals surface area contributed by atoms with Crippen LogP contribution >= 0.6 is 0 Å². The zero-order valence-electron chi connectivity index (χ0n) is 10.8. The van der Waals surface area contributed by atoms with Crippen LogP contribution in [0, 0.1) is 12.7 Å². The molecule has 0 aliphatic rings. The van der Waals surface area contributed by atoms with Crippen molar-refractivity contribution in [2.45, 2.75) is 13.0 Å². The fourth-order valence-electron chi connectivity index (χ4n) is 1.41. The maximum absolute atomic E-state index is 13.5. The van der Waals surface area contributed by atoms with Gasteiger partial charge in [0.05, 0.1) is 31.6 Å². The summed E-state index contributed by atoms with van der Waals surface area (Å²) in [4.78, 5) is 0. The molecule has 0 heterocycles. The van der Waals surface area contributed by atoms with Crippen LogP contribution in [-0.2, 0) is 9.47 Å². The van der Waals surface area contributed by atoms with Crippen molar-refractivity contribution >= 4 is 5.69 Å². The number of aryl methyl sites for hydroxylation is 1. The van der Waals surface area contributed by atoms with E-state index >= 15 is 0 Å². The Morgan fingerprint density at radius 1 is 1.39 bits per heavy atom. The maximum atomic E-state index is 13.5. The largest absolute Gasteiger partial charge is 0.389 e. The molecule has 1 aromatic carbocycles. The number of methoxy groups -OCH3 is 1. The fourth-order valence-corrected chi connectivity index (χ4v) is 1.41. The van der Waals surface area contributed by atoms with Crippen LogP contribution in [0.5, 0.6) is 0 Å². The lowest BCUT2D eigenvalue weighted by molar-refractivity contribution is 0.0182. The van der Waals surface area contributed by atoms with Gasteiger partial charge < -0.3 is 19.9 Å². The van der Waals surface area contributed by atoms with Gasteiger partial charge in [0.25, 0.3) is 0 Å². The summed E-state index contributed by atoms with van der Waals surface area (Å²) in [5, 5.41) is 12.4. The third kappa shape index (κ3) is 5.44. The second kappa shape index (κ2) is 8.02. The van der Waals surface area contributed by atoms with Crippen molar-refractivity contribution in [3.05, 3.63) is 29.6 Å². The van der Waals surface area contributed by atoms with Crippen LogP contribution < -0.4 is 5.32 Å². The van der Waals surface area contributed by atoms with E-state index in [0.717, 1.165) is 5.56 Å². The van der Waals surface area contributed by atoms with E-state index in [4.69, 9.17) is 9.47 Å². The molecule has 0 radical (unpaired) electrons. The third-order valence-corrected chi connectivity index (χ3v) is 2.39. The summed E-state index contributed by atoms with van der Waals surface area (Å²) in [5.41, 5.74) is 1.25. The Morgan fingerprint density at radius 3 is 2.83 bits per heavy atom. The smallest absolute Gasteiger partial charge is 0.146 e. The first-order chi connectivity index (χ1) is 8.63. The van der Waals surface area contributed by atoms with Crippen LogP contribution in [0.15, 0.2) is 18.2 Å². The first-order valence-electron chi connectivity index (χ1n) is 5.88. The van der Waals surface area contributed by atoms with Crippen LogP contribution in [0.2, 0.25) is 0 Å². The lowest BCUT2D eigenvalue weighted by Gasteiger charge is -2.13. The van der Waals surface area contributed by atoms with E-state index in [9.17, 15) is 9.50 Å². The lowest BCUT2D eigenvalue weighted by Crippen LogP contribution is -2.25. The number of nitrogens with one attached hydrogen (secondary N) is 1. The Morgan fingerprint density at radius 2 is 2.17 bits per heavy atom. The number of aliphatic hydroxyl groups excluding tert-OH is 1. The molecule has 0 amide bonds. The van der Waals surface area contributed by atoms with Gasteiger partial charge in [-0.1, -0.05) is 6.07 Å². The molecule has 0 fully saturated rings. The number of rotatable bonds is 8. The van der Waals surface area contributed by atoms with Crippen molar-refractivity contribution in [3.63, 3.8) is 0 Å². The van der Waals surface area contributed by atoms with Crippen molar-refractivity contribution in [1.82, 2.24) is 0 Å². The highest BCUT2D eigenvalue weighted by atomic mass is 19.1. The molecule has 0 saturated heterocycles. The molecule has 5 heteroatoms. The molecule has 2 N–H and O–H groups in total. The quantitative estimate of drug-likeness (QED) is 0.694. The number of anilines is 1. The molecule has 0 aromatic heterocycles. The summed E-state index contributed by atoms with van der Waals surface area (Å²) in [7, 11) is 1.58. The van der Waals surface area contributed by atoms with E-state index in [1.807, 2.05) is 13.0 Å². The number of aliphatic hydroxyl groups is 1. The molecule has 0 bridgehead atoms. The van der Waals surface area contributed by atoms with Gasteiger partial charge in [-0.25, -0.2) is 4.39 Å². The average Bonchev–Trinajstić information content (AvgIpc) is 2.33. The monoisotopic (exact) mass is 257 g/mol. The summed E-state index contributed by atoms with van der Waals surface area (Å²) in [5.74, 6) is -0.317. The van der Waals surface area contributed by atoms with Gasteiger partial charge in [0.1, 0.15) is 5.82 Å². The summed E-state index contributed by atoms with van der Waals surface area (Å²) in [6, 6.07) is 4.92. The van der Waals surface area contributed by atoms with Crippen LogP contribution in [-0.4, -0.2) is 44.7 Å². The molecule has 1 atom stereocenters. The van der Waals surface area contributed by atoms with E-state index in [1.54, 1.807) is 13.2 Å². The molecular weight excluding hydrogens is 237 g/mol. The van der Waals surface area contributed by atoms with Gasteiger partial charge in [-0.05, 0) is 24.6 Å². The van der Waals surface area contributed by atoms with Crippen molar-refractivity contribution in [2.75, 3.05) is 38.8 Å². The molecule has 0 saturated carbocycles. The summed E-state index contributed by atoms with van der Waals surface area (Å²) in [6.07, 6.45) is -0.678. The van der Waals surface area contributed by atoms with E-state index in [0.29, 0.717) is 18.9 Å². The van der Waals surface area contributed by atoms with Crippen LogP contribution in [0.25, 0.3) is 0 Å². The van der Waals surface area contributed by atoms with Crippen molar-refractivity contribution < 1.29 is 19.0 Å². The molecule has 0 spiro atoms. The fraction of sp³-hybridized carbons (Fsp3) is 0.538. The van der Waals surface area contributed by atoms with Gasteiger partial charge in [-0.15, -0.1) is 0 Å². The van der Waals surface area contributed by atoms with Gasteiger partial charge in [-0.3, -0.25) is 0 Å².